The zero-order chi connectivity index (χ0) is 17.2. The van der Waals surface area contributed by atoms with Crippen LogP contribution in [0.4, 0.5) is 11.4 Å². The van der Waals surface area contributed by atoms with Crippen LogP contribution in [0.5, 0.6) is 5.75 Å². The Kier molecular flexibility index (Phi) is 4.60. The lowest BCUT2D eigenvalue weighted by molar-refractivity contribution is -0.114. The average Bonchev–Trinajstić information content (AvgIpc) is 2.78. The number of anilines is 2. The summed E-state index contributed by atoms with van der Waals surface area (Å²) in [6.07, 6.45) is 0. The van der Waals surface area contributed by atoms with Gasteiger partial charge in [0.05, 0.1) is 18.5 Å². The topological polar surface area (TPSA) is 111 Å². The molecule has 124 valence electrons. The molecule has 0 saturated heterocycles. The third-order valence-electron chi connectivity index (χ3n) is 3.00. The Balaban J connectivity index is 2.38. The van der Waals surface area contributed by atoms with Crippen LogP contribution in [0.3, 0.4) is 0 Å². The first-order chi connectivity index (χ1) is 10.7. The zero-order valence-electron chi connectivity index (χ0n) is 13.1. The summed E-state index contributed by atoms with van der Waals surface area (Å²) in [5, 5.41) is 6.22. The van der Waals surface area contributed by atoms with Crippen molar-refractivity contribution in [1.82, 2.24) is 5.16 Å². The van der Waals surface area contributed by atoms with Crippen molar-refractivity contribution in [3.05, 3.63) is 29.7 Å². The number of methoxy groups -OCH3 is 1. The number of nitrogens with zero attached hydrogens (tertiary/aromatic N) is 1. The highest BCUT2D eigenvalue weighted by molar-refractivity contribution is 7.92. The average molecular weight is 339 g/mol. The summed E-state index contributed by atoms with van der Waals surface area (Å²) in [6, 6.07) is 4.55. The Labute approximate surface area is 133 Å². The molecular weight excluding hydrogens is 322 g/mol. The molecule has 0 bridgehead atoms. The monoisotopic (exact) mass is 339 g/mol. The first-order valence-corrected chi connectivity index (χ1v) is 8.14. The van der Waals surface area contributed by atoms with E-state index in [-0.39, 0.29) is 27.9 Å². The predicted molar refractivity (Wildman–Crippen MR) is 84.1 cm³/mol. The van der Waals surface area contributed by atoms with Crippen LogP contribution in [-0.4, -0.2) is 26.6 Å². The molecule has 0 aliphatic carbocycles. The molecule has 0 fully saturated rings. The van der Waals surface area contributed by atoms with Crippen molar-refractivity contribution >= 4 is 27.3 Å². The lowest BCUT2D eigenvalue weighted by Crippen LogP contribution is -2.15. The van der Waals surface area contributed by atoms with E-state index in [0.29, 0.717) is 11.4 Å². The van der Waals surface area contributed by atoms with Crippen LogP contribution in [0.1, 0.15) is 18.4 Å². The van der Waals surface area contributed by atoms with E-state index in [2.05, 4.69) is 15.2 Å². The second-order valence-corrected chi connectivity index (χ2v) is 6.47. The Morgan fingerprint density at radius 3 is 2.52 bits per heavy atom. The number of aryl methyl sites for hydroxylation is 2. The number of sulfonamides is 1. The van der Waals surface area contributed by atoms with E-state index in [1.54, 1.807) is 13.0 Å². The van der Waals surface area contributed by atoms with Gasteiger partial charge in [0.2, 0.25) is 5.91 Å². The fourth-order valence-corrected chi connectivity index (χ4v) is 3.50. The third kappa shape index (κ3) is 3.62. The highest BCUT2D eigenvalue weighted by Crippen LogP contribution is 2.30. The molecule has 2 N–H and O–H groups in total. The maximum Gasteiger partial charge on any atom is 0.267 e. The Morgan fingerprint density at radius 2 is 2.00 bits per heavy atom. The Bertz CT molecular complexity index is 823. The fourth-order valence-electron chi connectivity index (χ4n) is 2.12. The van der Waals surface area contributed by atoms with E-state index < -0.39 is 10.0 Å². The number of carbonyl (C=O) groups excluding carboxylic acids is 1. The normalized spacial score (nSPS) is 11.1. The van der Waals surface area contributed by atoms with Gasteiger partial charge in [0.15, 0.2) is 10.7 Å². The molecule has 9 heteroatoms. The molecule has 0 aliphatic rings. The van der Waals surface area contributed by atoms with Crippen molar-refractivity contribution in [3.63, 3.8) is 0 Å². The minimum atomic E-state index is -3.86. The smallest absolute Gasteiger partial charge is 0.267 e. The quantitative estimate of drug-likeness (QED) is 0.862. The number of benzene rings is 1. The van der Waals surface area contributed by atoms with E-state index in [0.717, 1.165) is 0 Å². The van der Waals surface area contributed by atoms with Gasteiger partial charge in [-0.05, 0) is 32.0 Å². The number of rotatable bonds is 5. The predicted octanol–water partition coefficient (Wildman–Crippen LogP) is 2.06. The van der Waals surface area contributed by atoms with Crippen molar-refractivity contribution in [2.24, 2.45) is 0 Å². The summed E-state index contributed by atoms with van der Waals surface area (Å²) in [6.45, 7) is 4.41. The molecule has 0 aliphatic heterocycles. The molecule has 0 saturated carbocycles. The Morgan fingerprint density at radius 1 is 1.30 bits per heavy atom. The summed E-state index contributed by atoms with van der Waals surface area (Å²) < 4.78 is 37.4. The molecule has 1 aromatic heterocycles. The molecule has 1 amide bonds. The first kappa shape index (κ1) is 16.8. The van der Waals surface area contributed by atoms with Gasteiger partial charge < -0.3 is 14.6 Å². The number of amides is 1. The molecule has 8 nitrogen and oxygen atoms in total. The van der Waals surface area contributed by atoms with Crippen LogP contribution in [0.2, 0.25) is 0 Å². The van der Waals surface area contributed by atoms with Crippen molar-refractivity contribution in [2.45, 2.75) is 25.7 Å². The number of nitrogens with one attached hydrogen (secondary N) is 2. The van der Waals surface area contributed by atoms with Gasteiger partial charge in [-0.2, -0.15) is 0 Å². The first-order valence-electron chi connectivity index (χ1n) is 6.66. The highest BCUT2D eigenvalue weighted by atomic mass is 32.2. The van der Waals surface area contributed by atoms with Gasteiger partial charge in [-0.3, -0.25) is 9.52 Å². The van der Waals surface area contributed by atoms with Crippen LogP contribution in [0.15, 0.2) is 27.6 Å². The summed E-state index contributed by atoms with van der Waals surface area (Å²) in [5.74, 6) is 0.320. The van der Waals surface area contributed by atoms with E-state index >= 15 is 0 Å². The molecule has 1 heterocycles. The van der Waals surface area contributed by atoms with Gasteiger partial charge in [-0.25, -0.2) is 8.42 Å². The lowest BCUT2D eigenvalue weighted by Gasteiger charge is -2.12. The zero-order valence-corrected chi connectivity index (χ0v) is 13.9. The lowest BCUT2D eigenvalue weighted by atomic mass is 10.2. The van der Waals surface area contributed by atoms with Gasteiger partial charge in [0.25, 0.3) is 10.0 Å². The van der Waals surface area contributed by atoms with Crippen molar-refractivity contribution in [2.75, 3.05) is 17.1 Å². The number of carbonyl (C=O) groups is 1. The molecule has 2 aromatic rings. The SMILES string of the molecule is COc1ccc(NS(=O)(=O)c2c(C)noc2C)cc1NC(C)=O. The van der Waals surface area contributed by atoms with Crippen LogP contribution in [-0.2, 0) is 14.8 Å². The number of aromatic nitrogens is 1. The summed E-state index contributed by atoms with van der Waals surface area (Å²) in [7, 11) is -2.40. The highest BCUT2D eigenvalue weighted by Gasteiger charge is 2.24. The largest absolute Gasteiger partial charge is 0.495 e. The third-order valence-corrected chi connectivity index (χ3v) is 4.62. The van der Waals surface area contributed by atoms with E-state index in [1.165, 1.54) is 33.1 Å². The van der Waals surface area contributed by atoms with Crippen LogP contribution >= 0.6 is 0 Å². The van der Waals surface area contributed by atoms with E-state index in [9.17, 15) is 13.2 Å². The number of ether oxygens (including phenoxy) is 1. The second-order valence-electron chi connectivity index (χ2n) is 4.86. The Hall–Kier alpha value is -2.55. The second kappa shape index (κ2) is 6.29. The van der Waals surface area contributed by atoms with Crippen LogP contribution in [0, 0.1) is 13.8 Å². The van der Waals surface area contributed by atoms with Crippen LogP contribution in [0.25, 0.3) is 0 Å². The minimum Gasteiger partial charge on any atom is -0.495 e. The van der Waals surface area contributed by atoms with Crippen LogP contribution < -0.4 is 14.8 Å². The van der Waals surface area contributed by atoms with Crippen molar-refractivity contribution in [1.29, 1.82) is 0 Å². The molecular formula is C14H17N3O5S. The van der Waals surface area contributed by atoms with Gasteiger partial charge in [0.1, 0.15) is 11.4 Å². The summed E-state index contributed by atoms with van der Waals surface area (Å²) in [4.78, 5) is 11.2. The molecule has 0 atom stereocenters. The van der Waals surface area contributed by atoms with Gasteiger partial charge in [-0.1, -0.05) is 5.16 Å². The van der Waals surface area contributed by atoms with Gasteiger partial charge in [-0.15, -0.1) is 0 Å². The fraction of sp³-hybridized carbons (Fsp3) is 0.286. The maximum atomic E-state index is 12.5. The molecule has 2 rings (SSSR count). The van der Waals surface area contributed by atoms with E-state index in [1.807, 2.05) is 0 Å². The molecule has 1 aromatic carbocycles. The molecule has 0 unspecified atom stereocenters. The molecule has 0 spiro atoms. The van der Waals surface area contributed by atoms with E-state index in [4.69, 9.17) is 9.26 Å². The minimum absolute atomic E-state index is 0.00519. The summed E-state index contributed by atoms with van der Waals surface area (Å²) >= 11 is 0. The number of hydrogen-bond acceptors (Lipinski definition) is 6. The molecule has 23 heavy (non-hydrogen) atoms. The van der Waals surface area contributed by atoms with Gasteiger partial charge in [0, 0.05) is 6.92 Å². The van der Waals surface area contributed by atoms with Crippen molar-refractivity contribution in [3.8, 4) is 5.75 Å². The van der Waals surface area contributed by atoms with Crippen molar-refractivity contribution < 1.29 is 22.5 Å². The number of hydrogen-bond donors (Lipinski definition) is 2. The standard InChI is InChI=1S/C14H17N3O5S/c1-8-14(9(2)22-16-8)23(19,20)17-11-5-6-13(21-4)12(7-11)15-10(3)18/h5-7,17H,1-4H3,(H,15,18). The maximum absolute atomic E-state index is 12.5. The molecule has 0 radical (unpaired) electrons. The van der Waals surface area contributed by atoms with Gasteiger partial charge >= 0.3 is 0 Å². The summed E-state index contributed by atoms with van der Waals surface area (Å²) in [5.41, 5.74) is 0.902.